The summed E-state index contributed by atoms with van der Waals surface area (Å²) in [6.07, 6.45) is 10.4. The largest absolute Gasteiger partial charge is 0.271 e. The summed E-state index contributed by atoms with van der Waals surface area (Å²) in [6.45, 7) is 4.44. The number of pyridine rings is 1. The molecule has 1 heterocycles. The second kappa shape index (κ2) is 6.30. The lowest BCUT2D eigenvalue weighted by Gasteiger charge is -2.37. The fourth-order valence-electron chi connectivity index (χ4n) is 3.43. The molecule has 3 N–H and O–H groups in total. The smallest absolute Gasteiger partial charge is 0.0508 e. The van der Waals surface area contributed by atoms with Crippen LogP contribution in [0.4, 0.5) is 0 Å². The topological polar surface area (TPSA) is 50.9 Å². The Morgan fingerprint density at radius 1 is 1.44 bits per heavy atom. The number of aryl methyl sites for hydroxylation is 1. The van der Waals surface area contributed by atoms with Gasteiger partial charge in [-0.05, 0) is 42.4 Å². The van der Waals surface area contributed by atoms with Crippen molar-refractivity contribution >= 4 is 0 Å². The predicted octanol–water partition coefficient (Wildman–Crippen LogP) is 3.11. The monoisotopic (exact) mass is 247 g/mol. The molecule has 0 spiro atoms. The average molecular weight is 247 g/mol. The molecule has 1 aromatic rings. The summed E-state index contributed by atoms with van der Waals surface area (Å²) >= 11 is 0. The Labute approximate surface area is 110 Å². The maximum Gasteiger partial charge on any atom is 0.0508 e. The molecule has 1 aromatic heterocycles. The maximum atomic E-state index is 5.84. The number of nitrogens with two attached hydrogens (primary N) is 1. The minimum atomic E-state index is 0.254. The summed E-state index contributed by atoms with van der Waals surface area (Å²) in [5.41, 5.74) is 5.61. The van der Waals surface area contributed by atoms with E-state index in [1.807, 2.05) is 12.4 Å². The van der Waals surface area contributed by atoms with Gasteiger partial charge in [-0.1, -0.05) is 32.6 Å². The van der Waals surface area contributed by atoms with Crippen LogP contribution in [-0.4, -0.2) is 4.98 Å². The van der Waals surface area contributed by atoms with Crippen molar-refractivity contribution in [2.45, 2.75) is 52.0 Å². The lowest BCUT2D eigenvalue weighted by molar-refractivity contribution is 0.175. The second-order valence-electron chi connectivity index (χ2n) is 5.49. The van der Waals surface area contributed by atoms with Gasteiger partial charge in [0.25, 0.3) is 0 Å². The number of hydrogen-bond donors (Lipinski definition) is 2. The molecular weight excluding hydrogens is 222 g/mol. The normalized spacial score (nSPS) is 25.9. The van der Waals surface area contributed by atoms with Crippen LogP contribution in [0.3, 0.4) is 0 Å². The molecule has 100 valence electrons. The van der Waals surface area contributed by atoms with Crippen molar-refractivity contribution in [2.75, 3.05) is 0 Å². The van der Waals surface area contributed by atoms with Gasteiger partial charge < -0.3 is 0 Å². The van der Waals surface area contributed by atoms with E-state index in [4.69, 9.17) is 5.84 Å². The lowest BCUT2D eigenvalue weighted by atomic mass is 9.72. The van der Waals surface area contributed by atoms with Crippen LogP contribution in [-0.2, 0) is 0 Å². The van der Waals surface area contributed by atoms with Crippen molar-refractivity contribution in [3.05, 3.63) is 29.6 Å². The minimum absolute atomic E-state index is 0.254. The van der Waals surface area contributed by atoms with E-state index >= 15 is 0 Å². The Kier molecular flexibility index (Phi) is 4.72. The van der Waals surface area contributed by atoms with Gasteiger partial charge in [0.1, 0.15) is 0 Å². The van der Waals surface area contributed by atoms with Gasteiger partial charge in [-0.25, -0.2) is 0 Å². The third-order valence-corrected chi connectivity index (χ3v) is 4.51. The number of rotatable bonds is 4. The Morgan fingerprint density at radius 3 is 2.89 bits per heavy atom. The third kappa shape index (κ3) is 2.73. The SMILES string of the molecule is CCC1CCCCC1C(NN)c1cnccc1C. The fourth-order valence-corrected chi connectivity index (χ4v) is 3.43. The van der Waals surface area contributed by atoms with Gasteiger partial charge in [-0.2, -0.15) is 0 Å². The van der Waals surface area contributed by atoms with Gasteiger partial charge in [0, 0.05) is 12.4 Å². The predicted molar refractivity (Wildman–Crippen MR) is 74.8 cm³/mol. The molecule has 1 saturated carbocycles. The molecule has 3 nitrogen and oxygen atoms in total. The molecule has 1 aliphatic rings. The van der Waals surface area contributed by atoms with Gasteiger partial charge in [-0.15, -0.1) is 0 Å². The number of nitrogens with one attached hydrogen (secondary N) is 1. The van der Waals surface area contributed by atoms with E-state index in [2.05, 4.69) is 30.3 Å². The molecule has 3 heteroatoms. The molecule has 3 unspecified atom stereocenters. The van der Waals surface area contributed by atoms with Gasteiger partial charge in [0.2, 0.25) is 0 Å². The molecule has 0 aromatic carbocycles. The van der Waals surface area contributed by atoms with Crippen molar-refractivity contribution in [3.8, 4) is 0 Å². The maximum absolute atomic E-state index is 5.84. The third-order valence-electron chi connectivity index (χ3n) is 4.51. The van der Waals surface area contributed by atoms with Crippen LogP contribution in [0, 0.1) is 18.8 Å². The van der Waals surface area contributed by atoms with Gasteiger partial charge in [-0.3, -0.25) is 16.3 Å². The standard InChI is InChI=1S/C15H25N3/c1-3-12-6-4-5-7-13(12)15(18-16)14-10-17-9-8-11(14)2/h8-10,12-13,15,18H,3-7,16H2,1-2H3. The summed E-state index contributed by atoms with van der Waals surface area (Å²) in [5, 5.41) is 0. The van der Waals surface area contributed by atoms with E-state index in [1.54, 1.807) is 0 Å². The van der Waals surface area contributed by atoms with Crippen LogP contribution in [0.1, 0.15) is 56.2 Å². The summed E-state index contributed by atoms with van der Waals surface area (Å²) in [7, 11) is 0. The van der Waals surface area contributed by atoms with E-state index in [0.717, 1.165) is 5.92 Å². The van der Waals surface area contributed by atoms with E-state index in [-0.39, 0.29) is 6.04 Å². The van der Waals surface area contributed by atoms with Crippen LogP contribution < -0.4 is 11.3 Å². The van der Waals surface area contributed by atoms with E-state index in [1.165, 1.54) is 43.2 Å². The highest BCUT2D eigenvalue weighted by Crippen LogP contribution is 2.40. The van der Waals surface area contributed by atoms with Crippen LogP contribution in [0.15, 0.2) is 18.5 Å². The quantitative estimate of drug-likeness (QED) is 0.635. The van der Waals surface area contributed by atoms with Crippen LogP contribution in [0.25, 0.3) is 0 Å². The fraction of sp³-hybridized carbons (Fsp3) is 0.667. The highest BCUT2D eigenvalue weighted by atomic mass is 15.2. The van der Waals surface area contributed by atoms with Crippen molar-refractivity contribution in [1.29, 1.82) is 0 Å². The van der Waals surface area contributed by atoms with Gasteiger partial charge in [0.15, 0.2) is 0 Å². The van der Waals surface area contributed by atoms with Gasteiger partial charge >= 0.3 is 0 Å². The molecule has 0 amide bonds. The van der Waals surface area contributed by atoms with Gasteiger partial charge in [0.05, 0.1) is 6.04 Å². The van der Waals surface area contributed by atoms with E-state index < -0.39 is 0 Å². The van der Waals surface area contributed by atoms with Crippen molar-refractivity contribution in [3.63, 3.8) is 0 Å². The molecule has 1 fully saturated rings. The Hall–Kier alpha value is -0.930. The number of nitrogens with zero attached hydrogens (tertiary/aromatic N) is 1. The lowest BCUT2D eigenvalue weighted by Crippen LogP contribution is -2.38. The van der Waals surface area contributed by atoms with Crippen molar-refractivity contribution in [1.82, 2.24) is 10.4 Å². The Morgan fingerprint density at radius 2 is 2.22 bits per heavy atom. The number of hydrogen-bond acceptors (Lipinski definition) is 3. The minimum Gasteiger partial charge on any atom is -0.271 e. The average Bonchev–Trinajstić information content (AvgIpc) is 2.42. The first-order valence-corrected chi connectivity index (χ1v) is 7.14. The molecular formula is C15H25N3. The van der Waals surface area contributed by atoms with Crippen molar-refractivity contribution in [2.24, 2.45) is 17.7 Å². The highest BCUT2D eigenvalue weighted by molar-refractivity contribution is 5.25. The molecule has 3 atom stereocenters. The second-order valence-corrected chi connectivity index (χ2v) is 5.49. The Balaban J connectivity index is 2.24. The summed E-state index contributed by atoms with van der Waals surface area (Å²) in [4.78, 5) is 4.26. The molecule has 2 rings (SSSR count). The molecule has 0 bridgehead atoms. The number of aromatic nitrogens is 1. The zero-order valence-electron chi connectivity index (χ0n) is 11.5. The summed E-state index contributed by atoms with van der Waals surface area (Å²) < 4.78 is 0. The van der Waals surface area contributed by atoms with Crippen LogP contribution >= 0.6 is 0 Å². The van der Waals surface area contributed by atoms with Crippen LogP contribution in [0.5, 0.6) is 0 Å². The first-order valence-electron chi connectivity index (χ1n) is 7.14. The Bertz CT molecular complexity index is 378. The first kappa shape index (κ1) is 13.5. The zero-order chi connectivity index (χ0) is 13.0. The molecule has 18 heavy (non-hydrogen) atoms. The zero-order valence-corrected chi connectivity index (χ0v) is 11.5. The summed E-state index contributed by atoms with van der Waals surface area (Å²) in [6, 6.07) is 2.33. The molecule has 1 aliphatic carbocycles. The van der Waals surface area contributed by atoms with E-state index in [0.29, 0.717) is 5.92 Å². The molecule has 0 aliphatic heterocycles. The number of hydrazine groups is 1. The molecule has 0 saturated heterocycles. The van der Waals surface area contributed by atoms with Crippen LogP contribution in [0.2, 0.25) is 0 Å². The first-order chi connectivity index (χ1) is 8.77. The van der Waals surface area contributed by atoms with Crippen molar-refractivity contribution < 1.29 is 0 Å². The highest BCUT2D eigenvalue weighted by Gasteiger charge is 2.31. The summed E-state index contributed by atoms with van der Waals surface area (Å²) in [5.74, 6) is 7.28. The van der Waals surface area contributed by atoms with E-state index in [9.17, 15) is 0 Å². The molecule has 0 radical (unpaired) electrons.